The van der Waals surface area contributed by atoms with Gasteiger partial charge in [0.1, 0.15) is 29.9 Å². The number of aliphatic hydroxyl groups is 1. The van der Waals surface area contributed by atoms with E-state index >= 15 is 0 Å². The molecule has 1 N–H and O–H groups in total. The molecule has 1 unspecified atom stereocenters. The summed E-state index contributed by atoms with van der Waals surface area (Å²) in [6.45, 7) is 0.0277. The van der Waals surface area contributed by atoms with Gasteiger partial charge in [-0.1, -0.05) is 24.1 Å². The molecule has 0 aliphatic carbocycles. The van der Waals surface area contributed by atoms with Crippen LogP contribution in [0, 0.1) is 24.0 Å². The average molecular weight is 477 g/mol. The van der Waals surface area contributed by atoms with Crippen LogP contribution in [0.15, 0.2) is 60.0 Å². The minimum absolute atomic E-state index is 0.00618. The molecule has 0 saturated heterocycles. The Morgan fingerprint density at radius 1 is 1.24 bits per heavy atom. The van der Waals surface area contributed by atoms with Gasteiger partial charge in [0.05, 0.1) is 25.1 Å². The minimum atomic E-state index is -3.83. The van der Waals surface area contributed by atoms with Gasteiger partial charge in [0, 0.05) is 24.7 Å². The summed E-state index contributed by atoms with van der Waals surface area (Å²) in [7, 11) is -2.76. The Hall–Kier alpha value is -3.17. The van der Waals surface area contributed by atoms with Crippen LogP contribution in [0.2, 0.25) is 0 Å². The molecule has 0 aliphatic heterocycles. The third-order valence-electron chi connectivity index (χ3n) is 4.96. The molecular weight excluding hydrogens is 454 g/mol. The standard InChI is InChI=1S/C22H22F2N4O4S/c1-3-10-27(12-17-4-7-19(8-5-17)33(30,31)32-2)13-22(29,14-28-16-25-15-26-28)20-9-6-18(23)11-21(20)24/h1,4-9,11,15-16,29H,10,12-14H2,2H3. The summed E-state index contributed by atoms with van der Waals surface area (Å²) in [5.41, 5.74) is -1.26. The van der Waals surface area contributed by atoms with Crippen molar-refractivity contribution < 1.29 is 26.5 Å². The zero-order valence-corrected chi connectivity index (χ0v) is 18.5. The molecule has 0 spiro atoms. The van der Waals surface area contributed by atoms with E-state index in [2.05, 4.69) is 20.2 Å². The number of aromatic nitrogens is 3. The molecule has 1 aromatic heterocycles. The molecule has 0 saturated carbocycles. The van der Waals surface area contributed by atoms with Crippen molar-refractivity contribution in [2.24, 2.45) is 0 Å². The first-order valence-electron chi connectivity index (χ1n) is 9.72. The largest absolute Gasteiger partial charge is 0.382 e. The molecule has 3 aromatic rings. The lowest BCUT2D eigenvalue weighted by Gasteiger charge is -2.34. The summed E-state index contributed by atoms with van der Waals surface area (Å²) in [5, 5.41) is 15.5. The van der Waals surface area contributed by atoms with Gasteiger partial charge >= 0.3 is 0 Å². The highest BCUT2D eigenvalue weighted by molar-refractivity contribution is 7.86. The summed E-state index contributed by atoms with van der Waals surface area (Å²) < 4.78 is 57.6. The number of terminal acetylenes is 1. The fourth-order valence-corrected chi connectivity index (χ4v) is 4.11. The fraction of sp³-hybridized carbons (Fsp3) is 0.273. The van der Waals surface area contributed by atoms with Gasteiger partial charge in [0.25, 0.3) is 10.1 Å². The molecule has 0 amide bonds. The molecule has 2 aromatic carbocycles. The SMILES string of the molecule is C#CCN(Cc1ccc(S(=O)(=O)OC)cc1)CC(O)(Cn1cncn1)c1ccc(F)cc1F. The molecule has 3 rings (SSSR count). The third-order valence-corrected chi connectivity index (χ3v) is 6.25. The van der Waals surface area contributed by atoms with Crippen molar-refractivity contribution >= 4 is 10.1 Å². The molecule has 8 nitrogen and oxygen atoms in total. The normalized spacial score (nSPS) is 13.6. The minimum Gasteiger partial charge on any atom is -0.382 e. The number of nitrogens with zero attached hydrogens (tertiary/aromatic N) is 4. The van der Waals surface area contributed by atoms with Crippen LogP contribution < -0.4 is 0 Å². The molecule has 1 atom stereocenters. The number of rotatable bonds is 10. The van der Waals surface area contributed by atoms with Gasteiger partial charge in [0.2, 0.25) is 0 Å². The predicted molar refractivity (Wildman–Crippen MR) is 115 cm³/mol. The quantitative estimate of drug-likeness (QED) is 0.353. The first kappa shape index (κ1) is 24.5. The van der Waals surface area contributed by atoms with Crippen molar-refractivity contribution in [3.63, 3.8) is 0 Å². The summed E-state index contributed by atoms with van der Waals surface area (Å²) in [4.78, 5) is 5.51. The molecule has 0 aliphatic rings. The van der Waals surface area contributed by atoms with Crippen LogP contribution in [0.25, 0.3) is 0 Å². The molecular formula is C22H22F2N4O4S. The zero-order valence-electron chi connectivity index (χ0n) is 17.7. The van der Waals surface area contributed by atoms with E-state index in [1.165, 1.54) is 35.5 Å². The monoisotopic (exact) mass is 476 g/mol. The predicted octanol–water partition coefficient (Wildman–Crippen LogP) is 1.91. The van der Waals surface area contributed by atoms with Crippen LogP contribution in [0.4, 0.5) is 8.78 Å². The Bertz CT molecular complexity index is 1230. The van der Waals surface area contributed by atoms with Crippen LogP contribution in [-0.4, -0.2) is 53.4 Å². The highest BCUT2D eigenvalue weighted by atomic mass is 32.2. The Balaban J connectivity index is 1.90. The maximum Gasteiger partial charge on any atom is 0.296 e. The lowest BCUT2D eigenvalue weighted by atomic mass is 9.92. The molecule has 174 valence electrons. The maximum atomic E-state index is 14.7. The first-order chi connectivity index (χ1) is 15.7. The molecule has 1 heterocycles. The molecule has 0 bridgehead atoms. The van der Waals surface area contributed by atoms with Gasteiger partial charge in [-0.3, -0.25) is 9.08 Å². The summed E-state index contributed by atoms with van der Waals surface area (Å²) >= 11 is 0. The summed E-state index contributed by atoms with van der Waals surface area (Å²) in [6, 6.07) is 8.90. The second kappa shape index (κ2) is 10.2. The van der Waals surface area contributed by atoms with E-state index < -0.39 is 27.4 Å². The highest BCUT2D eigenvalue weighted by Gasteiger charge is 2.35. The van der Waals surface area contributed by atoms with Crippen molar-refractivity contribution in [3.05, 3.63) is 77.9 Å². The van der Waals surface area contributed by atoms with Crippen molar-refractivity contribution in [1.82, 2.24) is 19.7 Å². The maximum absolute atomic E-state index is 14.7. The second-order valence-electron chi connectivity index (χ2n) is 7.36. The average Bonchev–Trinajstić information content (AvgIpc) is 3.26. The number of hydrogen-bond acceptors (Lipinski definition) is 7. The van der Waals surface area contributed by atoms with E-state index in [0.29, 0.717) is 11.6 Å². The van der Waals surface area contributed by atoms with Crippen LogP contribution in [0.1, 0.15) is 11.1 Å². The molecule has 0 radical (unpaired) electrons. The fourth-order valence-electron chi connectivity index (χ4n) is 3.45. The number of benzene rings is 2. The Kier molecular flexibility index (Phi) is 7.55. The van der Waals surface area contributed by atoms with E-state index in [4.69, 9.17) is 6.42 Å². The van der Waals surface area contributed by atoms with E-state index in [1.54, 1.807) is 17.0 Å². The lowest BCUT2D eigenvalue weighted by molar-refractivity contribution is -0.0205. The Morgan fingerprint density at radius 2 is 1.97 bits per heavy atom. The lowest BCUT2D eigenvalue weighted by Crippen LogP contribution is -2.44. The Morgan fingerprint density at radius 3 is 2.55 bits per heavy atom. The smallest absolute Gasteiger partial charge is 0.296 e. The summed E-state index contributed by atoms with van der Waals surface area (Å²) in [5.74, 6) is 0.818. The van der Waals surface area contributed by atoms with Gasteiger partial charge in [-0.05, 0) is 23.8 Å². The topological polar surface area (TPSA) is 97.6 Å². The van der Waals surface area contributed by atoms with Crippen molar-refractivity contribution in [2.45, 2.75) is 23.6 Å². The van der Waals surface area contributed by atoms with Crippen LogP contribution in [-0.2, 0) is 33.0 Å². The van der Waals surface area contributed by atoms with Gasteiger partial charge in [-0.2, -0.15) is 13.5 Å². The van der Waals surface area contributed by atoms with Crippen molar-refractivity contribution in [3.8, 4) is 12.3 Å². The van der Waals surface area contributed by atoms with E-state index in [1.807, 2.05) is 0 Å². The summed E-state index contributed by atoms with van der Waals surface area (Å²) in [6.07, 6.45) is 8.15. The molecule has 0 fully saturated rings. The van der Waals surface area contributed by atoms with Crippen LogP contribution in [0.5, 0.6) is 0 Å². The number of hydrogen-bond donors (Lipinski definition) is 1. The Labute approximate surface area is 190 Å². The van der Waals surface area contributed by atoms with Gasteiger partial charge in [0.15, 0.2) is 0 Å². The van der Waals surface area contributed by atoms with Crippen molar-refractivity contribution in [1.29, 1.82) is 0 Å². The van der Waals surface area contributed by atoms with Gasteiger partial charge < -0.3 is 5.11 Å². The van der Waals surface area contributed by atoms with Crippen molar-refractivity contribution in [2.75, 3.05) is 20.2 Å². The van der Waals surface area contributed by atoms with Crippen LogP contribution >= 0.6 is 0 Å². The van der Waals surface area contributed by atoms with Crippen LogP contribution in [0.3, 0.4) is 0 Å². The second-order valence-corrected chi connectivity index (χ2v) is 9.08. The highest BCUT2D eigenvalue weighted by Crippen LogP contribution is 2.28. The molecule has 11 heteroatoms. The van der Waals surface area contributed by atoms with E-state index in [9.17, 15) is 22.3 Å². The van der Waals surface area contributed by atoms with Gasteiger partial charge in [-0.25, -0.2) is 18.4 Å². The first-order valence-corrected chi connectivity index (χ1v) is 11.1. The van der Waals surface area contributed by atoms with Gasteiger partial charge in [-0.15, -0.1) is 6.42 Å². The van der Waals surface area contributed by atoms with E-state index in [0.717, 1.165) is 13.2 Å². The molecule has 33 heavy (non-hydrogen) atoms. The van der Waals surface area contributed by atoms with E-state index in [-0.39, 0.29) is 36.6 Å². The zero-order chi connectivity index (χ0) is 24.1. The third kappa shape index (κ3) is 6.00. The number of halogens is 2.